The first kappa shape index (κ1) is 19.2. The van der Waals surface area contributed by atoms with Gasteiger partial charge < -0.3 is 10.2 Å². The number of aromatic nitrogens is 2. The SMILES string of the molecule is O=C(Nc1ncc(Cc2ccc(F)cc2)s1)[C@H]1CC(=O)N(Cc2ccncc2)C1. The van der Waals surface area contributed by atoms with Gasteiger partial charge >= 0.3 is 0 Å². The summed E-state index contributed by atoms with van der Waals surface area (Å²) in [6, 6.07) is 10.0. The fourth-order valence-corrected chi connectivity index (χ4v) is 4.12. The van der Waals surface area contributed by atoms with Gasteiger partial charge in [0.05, 0.1) is 5.92 Å². The van der Waals surface area contributed by atoms with Crippen molar-refractivity contribution in [1.82, 2.24) is 14.9 Å². The fourth-order valence-electron chi connectivity index (χ4n) is 3.27. The molecule has 0 unspecified atom stereocenters. The molecule has 0 aliphatic carbocycles. The zero-order valence-corrected chi connectivity index (χ0v) is 16.4. The quantitative estimate of drug-likeness (QED) is 0.677. The molecule has 0 radical (unpaired) electrons. The number of nitrogens with one attached hydrogen (secondary N) is 1. The van der Waals surface area contributed by atoms with E-state index in [4.69, 9.17) is 0 Å². The summed E-state index contributed by atoms with van der Waals surface area (Å²) in [5, 5.41) is 3.33. The molecule has 1 atom stereocenters. The number of rotatable bonds is 6. The number of pyridine rings is 1. The number of carbonyl (C=O) groups excluding carboxylic acids is 2. The fraction of sp³-hybridized carbons (Fsp3) is 0.238. The standard InChI is InChI=1S/C21H19FN4O2S/c22-17-3-1-14(2-4-17)9-18-11-24-21(29-18)25-20(28)16-10-19(27)26(13-16)12-15-5-7-23-8-6-15/h1-8,11,16H,9-10,12-13H2,(H,24,25,28)/t16-/m0/s1. The second-order valence-corrected chi connectivity index (χ2v) is 8.07. The minimum absolute atomic E-state index is 0.0295. The molecule has 29 heavy (non-hydrogen) atoms. The summed E-state index contributed by atoms with van der Waals surface area (Å²) < 4.78 is 13.0. The van der Waals surface area contributed by atoms with Crippen LogP contribution in [0.4, 0.5) is 9.52 Å². The summed E-state index contributed by atoms with van der Waals surface area (Å²) in [5.74, 6) is -0.889. The van der Waals surface area contributed by atoms with E-state index >= 15 is 0 Å². The van der Waals surface area contributed by atoms with E-state index in [9.17, 15) is 14.0 Å². The minimum atomic E-state index is -0.395. The van der Waals surface area contributed by atoms with Gasteiger partial charge in [-0.3, -0.25) is 14.6 Å². The lowest BCUT2D eigenvalue weighted by Crippen LogP contribution is -2.28. The van der Waals surface area contributed by atoms with Gasteiger partial charge in [-0.25, -0.2) is 9.37 Å². The summed E-state index contributed by atoms with van der Waals surface area (Å²) in [4.78, 5) is 35.7. The maximum Gasteiger partial charge on any atom is 0.231 e. The molecule has 0 spiro atoms. The molecule has 1 aromatic carbocycles. The van der Waals surface area contributed by atoms with Crippen molar-refractivity contribution in [2.24, 2.45) is 5.92 Å². The first-order valence-corrected chi connectivity index (χ1v) is 10.0. The van der Waals surface area contributed by atoms with Crippen LogP contribution in [-0.2, 0) is 22.6 Å². The van der Waals surface area contributed by atoms with Crippen molar-refractivity contribution < 1.29 is 14.0 Å². The van der Waals surface area contributed by atoms with Crippen molar-refractivity contribution in [2.75, 3.05) is 11.9 Å². The summed E-state index contributed by atoms with van der Waals surface area (Å²) in [7, 11) is 0. The molecule has 3 aromatic rings. The van der Waals surface area contributed by atoms with Gasteiger partial charge in [0.25, 0.3) is 0 Å². The number of nitrogens with zero attached hydrogens (tertiary/aromatic N) is 3. The third-order valence-electron chi connectivity index (χ3n) is 4.78. The molecule has 6 nitrogen and oxygen atoms in total. The van der Waals surface area contributed by atoms with Gasteiger partial charge in [0, 0.05) is 49.4 Å². The number of hydrogen-bond acceptors (Lipinski definition) is 5. The second kappa shape index (κ2) is 8.48. The molecule has 1 saturated heterocycles. The van der Waals surface area contributed by atoms with Gasteiger partial charge in [-0.15, -0.1) is 11.3 Å². The number of carbonyl (C=O) groups is 2. The Labute approximate surface area is 171 Å². The van der Waals surface area contributed by atoms with E-state index in [2.05, 4.69) is 15.3 Å². The Morgan fingerprint density at radius 3 is 2.69 bits per heavy atom. The Bertz CT molecular complexity index is 1010. The number of hydrogen-bond donors (Lipinski definition) is 1. The predicted octanol–water partition coefficient (Wildman–Crippen LogP) is 3.26. The molecule has 0 bridgehead atoms. The lowest BCUT2D eigenvalue weighted by molar-refractivity contribution is -0.128. The molecule has 1 N–H and O–H groups in total. The second-order valence-electron chi connectivity index (χ2n) is 6.95. The lowest BCUT2D eigenvalue weighted by Gasteiger charge is -2.16. The molecule has 3 heterocycles. The van der Waals surface area contributed by atoms with Gasteiger partial charge in [-0.2, -0.15) is 0 Å². The number of likely N-dealkylation sites (tertiary alicyclic amines) is 1. The van der Waals surface area contributed by atoms with E-state index in [0.29, 0.717) is 24.6 Å². The summed E-state index contributed by atoms with van der Waals surface area (Å²) in [6.45, 7) is 0.866. The molecule has 8 heteroatoms. The Kier molecular flexibility index (Phi) is 5.62. The Balaban J connectivity index is 1.33. The van der Waals surface area contributed by atoms with Crippen molar-refractivity contribution in [3.63, 3.8) is 0 Å². The number of halogens is 1. The Morgan fingerprint density at radius 2 is 1.93 bits per heavy atom. The number of amides is 2. The van der Waals surface area contributed by atoms with Gasteiger partial charge in [0.15, 0.2) is 5.13 Å². The zero-order chi connectivity index (χ0) is 20.2. The topological polar surface area (TPSA) is 75.2 Å². The van der Waals surface area contributed by atoms with Crippen molar-refractivity contribution in [3.05, 3.63) is 76.8 Å². The predicted molar refractivity (Wildman–Crippen MR) is 108 cm³/mol. The van der Waals surface area contributed by atoms with Crippen LogP contribution in [0.3, 0.4) is 0 Å². The van der Waals surface area contributed by atoms with Crippen LogP contribution in [0.15, 0.2) is 55.0 Å². The first-order chi connectivity index (χ1) is 14.1. The van der Waals surface area contributed by atoms with Crippen LogP contribution in [0, 0.1) is 11.7 Å². The molecule has 1 aliphatic rings. The monoisotopic (exact) mass is 410 g/mol. The molecule has 1 fully saturated rings. The highest BCUT2D eigenvalue weighted by atomic mass is 32.1. The molecule has 4 rings (SSSR count). The smallest absolute Gasteiger partial charge is 0.231 e. The van der Waals surface area contributed by atoms with Gasteiger partial charge in [-0.05, 0) is 35.4 Å². The van der Waals surface area contributed by atoms with E-state index in [0.717, 1.165) is 16.0 Å². The first-order valence-electron chi connectivity index (χ1n) is 9.23. The highest BCUT2D eigenvalue weighted by molar-refractivity contribution is 7.15. The van der Waals surface area contributed by atoms with Crippen molar-refractivity contribution in [3.8, 4) is 0 Å². The van der Waals surface area contributed by atoms with Crippen LogP contribution in [0.25, 0.3) is 0 Å². The maximum atomic E-state index is 13.0. The van der Waals surface area contributed by atoms with E-state index < -0.39 is 5.92 Å². The van der Waals surface area contributed by atoms with Crippen LogP contribution in [0.5, 0.6) is 0 Å². The zero-order valence-electron chi connectivity index (χ0n) is 15.5. The summed E-state index contributed by atoms with van der Waals surface area (Å²) >= 11 is 1.38. The molecule has 2 amide bonds. The lowest BCUT2D eigenvalue weighted by atomic mass is 10.1. The maximum absolute atomic E-state index is 13.0. The molecule has 1 aliphatic heterocycles. The van der Waals surface area contributed by atoms with Gasteiger partial charge in [-0.1, -0.05) is 12.1 Å². The minimum Gasteiger partial charge on any atom is -0.338 e. The van der Waals surface area contributed by atoms with E-state index in [-0.39, 0.29) is 24.1 Å². The molecular weight excluding hydrogens is 391 g/mol. The number of benzene rings is 1. The molecular formula is C21H19FN4O2S. The Morgan fingerprint density at radius 1 is 1.17 bits per heavy atom. The van der Waals surface area contributed by atoms with E-state index in [1.807, 2.05) is 12.1 Å². The van der Waals surface area contributed by atoms with Crippen LogP contribution >= 0.6 is 11.3 Å². The van der Waals surface area contributed by atoms with E-state index in [1.54, 1.807) is 35.6 Å². The molecule has 0 saturated carbocycles. The van der Waals surface area contributed by atoms with Crippen molar-refractivity contribution in [2.45, 2.75) is 19.4 Å². The summed E-state index contributed by atoms with van der Waals surface area (Å²) in [6.07, 6.45) is 5.90. The molecule has 2 aromatic heterocycles. The van der Waals surface area contributed by atoms with Gasteiger partial charge in [0.1, 0.15) is 5.82 Å². The largest absolute Gasteiger partial charge is 0.338 e. The third kappa shape index (κ3) is 4.83. The number of anilines is 1. The van der Waals surface area contributed by atoms with E-state index in [1.165, 1.54) is 23.5 Å². The number of thiazole rings is 1. The highest BCUT2D eigenvalue weighted by Gasteiger charge is 2.34. The van der Waals surface area contributed by atoms with Crippen molar-refractivity contribution in [1.29, 1.82) is 0 Å². The van der Waals surface area contributed by atoms with Crippen LogP contribution in [-0.4, -0.2) is 33.2 Å². The van der Waals surface area contributed by atoms with Crippen molar-refractivity contribution >= 4 is 28.3 Å². The molecule has 148 valence electrons. The highest BCUT2D eigenvalue weighted by Crippen LogP contribution is 2.25. The Hall–Kier alpha value is -3.13. The summed E-state index contributed by atoms with van der Waals surface area (Å²) in [5.41, 5.74) is 1.96. The average Bonchev–Trinajstić information content (AvgIpc) is 3.31. The average molecular weight is 410 g/mol. The van der Waals surface area contributed by atoms with Crippen LogP contribution in [0.1, 0.15) is 22.4 Å². The van der Waals surface area contributed by atoms with Gasteiger partial charge in [0.2, 0.25) is 11.8 Å². The normalized spacial score (nSPS) is 16.2. The van der Waals surface area contributed by atoms with Crippen LogP contribution in [0.2, 0.25) is 0 Å². The third-order valence-corrected chi connectivity index (χ3v) is 5.70. The van der Waals surface area contributed by atoms with Crippen LogP contribution < -0.4 is 5.32 Å².